The van der Waals surface area contributed by atoms with Crippen LogP contribution in [-0.2, 0) is 9.47 Å². The normalized spacial score (nSPS) is 12.9. The first-order chi connectivity index (χ1) is 8.65. The third-order valence-electron chi connectivity index (χ3n) is 2.84. The van der Waals surface area contributed by atoms with Gasteiger partial charge in [-0.15, -0.1) is 0 Å². The number of nitrogens with one attached hydrogen (secondary N) is 1. The van der Waals surface area contributed by atoms with Crippen LogP contribution in [0.3, 0.4) is 0 Å². The Kier molecular flexibility index (Phi) is 11.4. The molecule has 4 nitrogen and oxygen atoms in total. The van der Waals surface area contributed by atoms with Gasteiger partial charge < -0.3 is 14.8 Å². The summed E-state index contributed by atoms with van der Waals surface area (Å²) < 4.78 is 10.4. The summed E-state index contributed by atoms with van der Waals surface area (Å²) in [5.41, 5.74) is 1.21. The number of methoxy groups -OCH3 is 2. The van der Waals surface area contributed by atoms with Gasteiger partial charge in [-0.3, -0.25) is 4.90 Å². The molecule has 1 N–H and O–H groups in total. The van der Waals surface area contributed by atoms with E-state index in [1.165, 1.54) is 5.57 Å². The molecule has 0 spiro atoms. The monoisotopic (exact) mass is 258 g/mol. The van der Waals surface area contributed by atoms with Crippen LogP contribution in [0.5, 0.6) is 0 Å². The maximum atomic E-state index is 5.22. The third-order valence-corrected chi connectivity index (χ3v) is 2.84. The van der Waals surface area contributed by atoms with Gasteiger partial charge in [-0.1, -0.05) is 13.5 Å². The highest BCUT2D eigenvalue weighted by atomic mass is 16.5. The Balaban J connectivity index is 4.08. The Morgan fingerprint density at radius 1 is 1.33 bits per heavy atom. The topological polar surface area (TPSA) is 33.7 Å². The van der Waals surface area contributed by atoms with E-state index in [1.54, 1.807) is 14.2 Å². The van der Waals surface area contributed by atoms with Crippen molar-refractivity contribution in [3.63, 3.8) is 0 Å². The molecule has 18 heavy (non-hydrogen) atoms. The largest absolute Gasteiger partial charge is 0.383 e. The molecule has 0 rings (SSSR count). The molecule has 0 aromatic heterocycles. The number of nitrogens with zero attached hydrogens (tertiary/aromatic N) is 1. The molecule has 0 radical (unpaired) electrons. The lowest BCUT2D eigenvalue weighted by atomic mass is 10.2. The van der Waals surface area contributed by atoms with E-state index in [1.807, 2.05) is 0 Å². The van der Waals surface area contributed by atoms with Crippen molar-refractivity contribution in [1.29, 1.82) is 0 Å². The van der Waals surface area contributed by atoms with E-state index >= 15 is 0 Å². The molecule has 0 amide bonds. The minimum atomic E-state index is 0.382. The lowest BCUT2D eigenvalue weighted by Crippen LogP contribution is -2.40. The predicted octanol–water partition coefficient (Wildman–Crippen LogP) is 1.53. The molecule has 0 saturated heterocycles. The fourth-order valence-corrected chi connectivity index (χ4v) is 1.80. The van der Waals surface area contributed by atoms with Crippen molar-refractivity contribution in [2.24, 2.45) is 0 Å². The minimum Gasteiger partial charge on any atom is -0.383 e. The van der Waals surface area contributed by atoms with Crippen molar-refractivity contribution < 1.29 is 9.47 Å². The van der Waals surface area contributed by atoms with Crippen molar-refractivity contribution in [2.45, 2.75) is 26.3 Å². The summed E-state index contributed by atoms with van der Waals surface area (Å²) in [6.07, 6.45) is 1.15. The van der Waals surface area contributed by atoms with Gasteiger partial charge in [0.2, 0.25) is 0 Å². The average molecular weight is 258 g/mol. The second kappa shape index (κ2) is 11.7. The molecule has 0 aromatic rings. The Morgan fingerprint density at radius 3 is 2.61 bits per heavy atom. The number of hydrogen-bond donors (Lipinski definition) is 1. The summed E-state index contributed by atoms with van der Waals surface area (Å²) >= 11 is 0. The molecule has 0 aromatic carbocycles. The van der Waals surface area contributed by atoms with Crippen molar-refractivity contribution in [3.8, 4) is 0 Å². The van der Waals surface area contributed by atoms with Gasteiger partial charge in [0, 0.05) is 39.9 Å². The van der Waals surface area contributed by atoms with E-state index in [9.17, 15) is 0 Å². The van der Waals surface area contributed by atoms with Crippen LogP contribution in [0, 0.1) is 0 Å². The molecule has 0 aliphatic heterocycles. The first kappa shape index (κ1) is 17.6. The SMILES string of the molecule is C=C(CNCCC)CN(CCOC)C(C)COC. The van der Waals surface area contributed by atoms with Crippen molar-refractivity contribution >= 4 is 0 Å². The Labute approximate surface area is 112 Å². The average Bonchev–Trinajstić information content (AvgIpc) is 2.35. The highest BCUT2D eigenvalue weighted by Gasteiger charge is 2.14. The zero-order valence-electron chi connectivity index (χ0n) is 12.5. The summed E-state index contributed by atoms with van der Waals surface area (Å²) in [7, 11) is 3.47. The van der Waals surface area contributed by atoms with Crippen molar-refractivity contribution in [1.82, 2.24) is 10.2 Å². The predicted molar refractivity (Wildman–Crippen MR) is 77.1 cm³/mol. The van der Waals surface area contributed by atoms with E-state index in [0.717, 1.165) is 45.8 Å². The smallest absolute Gasteiger partial charge is 0.0615 e. The van der Waals surface area contributed by atoms with Gasteiger partial charge in [-0.25, -0.2) is 0 Å². The number of ether oxygens (including phenoxy) is 2. The second-order valence-electron chi connectivity index (χ2n) is 4.69. The zero-order chi connectivity index (χ0) is 13.8. The molecular formula is C14H30N2O2. The molecule has 4 heteroatoms. The molecule has 0 bridgehead atoms. The Morgan fingerprint density at radius 2 is 2.06 bits per heavy atom. The van der Waals surface area contributed by atoms with E-state index < -0.39 is 0 Å². The van der Waals surface area contributed by atoms with Crippen LogP contribution >= 0.6 is 0 Å². The summed E-state index contributed by atoms with van der Waals surface area (Å²) in [6.45, 7) is 13.7. The van der Waals surface area contributed by atoms with Gasteiger partial charge in [-0.05, 0) is 25.5 Å². The van der Waals surface area contributed by atoms with Crippen LogP contribution < -0.4 is 5.32 Å². The standard InChI is InChI=1S/C14H30N2O2/c1-6-7-15-10-13(2)11-16(8-9-17-4)14(3)12-18-5/h14-15H,2,6-12H2,1,3-5H3. The first-order valence-electron chi connectivity index (χ1n) is 6.74. The van der Waals surface area contributed by atoms with Crippen LogP contribution in [0.25, 0.3) is 0 Å². The Hall–Kier alpha value is -0.420. The van der Waals surface area contributed by atoms with Crippen molar-refractivity contribution in [2.75, 3.05) is 53.6 Å². The fraction of sp³-hybridized carbons (Fsp3) is 0.857. The molecule has 0 saturated carbocycles. The molecule has 0 aliphatic rings. The summed E-state index contributed by atoms with van der Waals surface area (Å²) in [6, 6.07) is 0.382. The fourth-order valence-electron chi connectivity index (χ4n) is 1.80. The van der Waals surface area contributed by atoms with Gasteiger partial charge in [0.05, 0.1) is 13.2 Å². The molecular weight excluding hydrogens is 228 g/mol. The van der Waals surface area contributed by atoms with Gasteiger partial charge in [0.15, 0.2) is 0 Å². The van der Waals surface area contributed by atoms with Crippen LogP contribution in [0.4, 0.5) is 0 Å². The van der Waals surface area contributed by atoms with Gasteiger partial charge in [-0.2, -0.15) is 0 Å². The first-order valence-corrected chi connectivity index (χ1v) is 6.74. The van der Waals surface area contributed by atoms with E-state index in [0.29, 0.717) is 6.04 Å². The number of rotatable bonds is 12. The van der Waals surface area contributed by atoms with Crippen molar-refractivity contribution in [3.05, 3.63) is 12.2 Å². The highest BCUT2D eigenvalue weighted by molar-refractivity contribution is 5.00. The second-order valence-corrected chi connectivity index (χ2v) is 4.69. The van der Waals surface area contributed by atoms with Crippen LogP contribution in [0.1, 0.15) is 20.3 Å². The maximum Gasteiger partial charge on any atom is 0.0615 e. The summed E-state index contributed by atoms with van der Waals surface area (Å²) in [4.78, 5) is 2.35. The molecule has 0 aliphatic carbocycles. The minimum absolute atomic E-state index is 0.382. The van der Waals surface area contributed by atoms with Crippen LogP contribution in [0.2, 0.25) is 0 Å². The molecule has 0 heterocycles. The Bertz CT molecular complexity index is 210. The highest BCUT2D eigenvalue weighted by Crippen LogP contribution is 2.03. The lowest BCUT2D eigenvalue weighted by molar-refractivity contribution is 0.0807. The lowest BCUT2D eigenvalue weighted by Gasteiger charge is -2.29. The van der Waals surface area contributed by atoms with Gasteiger partial charge in [0.25, 0.3) is 0 Å². The van der Waals surface area contributed by atoms with E-state index in [-0.39, 0.29) is 0 Å². The molecule has 1 atom stereocenters. The summed E-state index contributed by atoms with van der Waals surface area (Å²) in [5.74, 6) is 0. The third kappa shape index (κ3) is 8.64. The maximum absolute atomic E-state index is 5.22. The zero-order valence-corrected chi connectivity index (χ0v) is 12.5. The molecule has 0 fully saturated rings. The summed E-state index contributed by atoms with van der Waals surface area (Å²) in [5, 5.41) is 3.38. The van der Waals surface area contributed by atoms with Crippen LogP contribution in [0.15, 0.2) is 12.2 Å². The van der Waals surface area contributed by atoms with E-state index in [4.69, 9.17) is 9.47 Å². The van der Waals surface area contributed by atoms with Gasteiger partial charge in [0.1, 0.15) is 0 Å². The van der Waals surface area contributed by atoms with Gasteiger partial charge >= 0.3 is 0 Å². The molecule has 108 valence electrons. The molecule has 1 unspecified atom stereocenters. The van der Waals surface area contributed by atoms with E-state index in [2.05, 4.69) is 30.6 Å². The number of hydrogen-bond acceptors (Lipinski definition) is 4. The quantitative estimate of drug-likeness (QED) is 0.425. The van der Waals surface area contributed by atoms with Crippen LogP contribution in [-0.4, -0.2) is 64.6 Å².